The second kappa shape index (κ2) is 8.73. The third kappa shape index (κ3) is 5.35. The summed E-state index contributed by atoms with van der Waals surface area (Å²) in [6.07, 6.45) is 2.27. The number of aryl methyl sites for hydroxylation is 2. The lowest BCUT2D eigenvalue weighted by atomic mass is 10.1. The van der Waals surface area contributed by atoms with E-state index in [2.05, 4.69) is 12.2 Å². The molecule has 102 valence electrons. The molecule has 0 heterocycles. The maximum Gasteiger partial charge on any atom is 0.251 e. The zero-order valence-electron chi connectivity index (χ0n) is 12.6. The molecule has 2 rings (SSSR count). The van der Waals surface area contributed by atoms with Crippen LogP contribution in [-0.4, -0.2) is 11.9 Å². The normalized spacial score (nSPS) is 12.6. The Bertz CT molecular complexity index is 367. The second-order valence-corrected chi connectivity index (χ2v) is 4.05. The number of carbonyl (C=O) groups is 1. The minimum absolute atomic E-state index is 0.0654. The Balaban J connectivity index is 0.000000659. The van der Waals surface area contributed by atoms with Gasteiger partial charge in [0.15, 0.2) is 0 Å². The van der Waals surface area contributed by atoms with Crippen LogP contribution < -0.4 is 5.32 Å². The van der Waals surface area contributed by atoms with E-state index in [0.29, 0.717) is 6.04 Å². The van der Waals surface area contributed by atoms with Crippen LogP contribution in [0.1, 0.15) is 62.0 Å². The lowest BCUT2D eigenvalue weighted by molar-refractivity contribution is 0.0951. The molecule has 1 amide bonds. The molecule has 18 heavy (non-hydrogen) atoms. The Hall–Kier alpha value is -1.31. The SMILES string of the molecule is CC.CC.Cc1ccc(C(=O)NC2CC2)cc1C. The fourth-order valence-electron chi connectivity index (χ4n) is 1.38. The highest BCUT2D eigenvalue weighted by atomic mass is 16.1. The Kier molecular flexibility index (Phi) is 8.10. The molecule has 1 N–H and O–H groups in total. The van der Waals surface area contributed by atoms with Crippen LogP contribution in [0.5, 0.6) is 0 Å². The van der Waals surface area contributed by atoms with E-state index in [1.807, 2.05) is 52.8 Å². The van der Waals surface area contributed by atoms with Gasteiger partial charge in [-0.2, -0.15) is 0 Å². The number of hydrogen-bond donors (Lipinski definition) is 1. The van der Waals surface area contributed by atoms with Crippen LogP contribution >= 0.6 is 0 Å². The zero-order valence-corrected chi connectivity index (χ0v) is 12.6. The van der Waals surface area contributed by atoms with Gasteiger partial charge in [0.05, 0.1) is 0 Å². The van der Waals surface area contributed by atoms with Gasteiger partial charge in [-0.15, -0.1) is 0 Å². The summed E-state index contributed by atoms with van der Waals surface area (Å²) in [5.74, 6) is 0.0654. The van der Waals surface area contributed by atoms with Crippen molar-refractivity contribution in [2.45, 2.75) is 60.4 Å². The predicted molar refractivity (Wildman–Crippen MR) is 79.1 cm³/mol. The van der Waals surface area contributed by atoms with Gasteiger partial charge in [0.1, 0.15) is 0 Å². The quantitative estimate of drug-likeness (QED) is 0.834. The Morgan fingerprint density at radius 2 is 1.61 bits per heavy atom. The van der Waals surface area contributed by atoms with Crippen molar-refractivity contribution in [3.05, 3.63) is 34.9 Å². The first-order valence-corrected chi connectivity index (χ1v) is 7.05. The molecule has 0 aromatic heterocycles. The van der Waals surface area contributed by atoms with Crippen LogP contribution in [0.15, 0.2) is 18.2 Å². The van der Waals surface area contributed by atoms with Crippen LogP contribution in [0.3, 0.4) is 0 Å². The minimum Gasteiger partial charge on any atom is -0.349 e. The smallest absolute Gasteiger partial charge is 0.251 e. The van der Waals surface area contributed by atoms with E-state index in [9.17, 15) is 4.79 Å². The molecule has 0 atom stereocenters. The highest BCUT2D eigenvalue weighted by Crippen LogP contribution is 2.19. The van der Waals surface area contributed by atoms with E-state index in [1.165, 1.54) is 11.1 Å². The van der Waals surface area contributed by atoms with Gasteiger partial charge in [-0.3, -0.25) is 4.79 Å². The summed E-state index contributed by atoms with van der Waals surface area (Å²) in [5, 5.41) is 2.98. The van der Waals surface area contributed by atoms with Crippen molar-refractivity contribution < 1.29 is 4.79 Å². The average Bonchev–Trinajstić information content (AvgIpc) is 3.21. The summed E-state index contributed by atoms with van der Waals surface area (Å²) < 4.78 is 0. The third-order valence-electron chi connectivity index (χ3n) is 2.68. The van der Waals surface area contributed by atoms with E-state index in [-0.39, 0.29) is 5.91 Å². The van der Waals surface area contributed by atoms with Crippen molar-refractivity contribution in [2.75, 3.05) is 0 Å². The predicted octanol–water partition coefficient (Wildman–Crippen LogP) is 4.25. The Labute approximate surface area is 112 Å². The topological polar surface area (TPSA) is 29.1 Å². The largest absolute Gasteiger partial charge is 0.349 e. The molecule has 1 aliphatic rings. The number of benzene rings is 1. The fraction of sp³-hybridized carbons (Fsp3) is 0.562. The van der Waals surface area contributed by atoms with Crippen LogP contribution in [0, 0.1) is 13.8 Å². The van der Waals surface area contributed by atoms with Crippen molar-refractivity contribution in [3.8, 4) is 0 Å². The molecule has 1 aromatic rings. The molecule has 1 aromatic carbocycles. The first-order chi connectivity index (χ1) is 8.66. The molecule has 0 radical (unpaired) electrons. The number of hydrogen-bond acceptors (Lipinski definition) is 1. The maximum atomic E-state index is 11.6. The van der Waals surface area contributed by atoms with E-state index in [0.717, 1.165) is 18.4 Å². The third-order valence-corrected chi connectivity index (χ3v) is 2.68. The van der Waals surface area contributed by atoms with Crippen molar-refractivity contribution in [1.82, 2.24) is 5.32 Å². The zero-order chi connectivity index (χ0) is 14.1. The summed E-state index contributed by atoms with van der Waals surface area (Å²) in [4.78, 5) is 11.6. The molecule has 0 spiro atoms. The number of rotatable bonds is 2. The van der Waals surface area contributed by atoms with Crippen LogP contribution in [0.4, 0.5) is 0 Å². The molecule has 0 unspecified atom stereocenters. The molecule has 0 aliphatic heterocycles. The van der Waals surface area contributed by atoms with Gasteiger partial charge >= 0.3 is 0 Å². The lowest BCUT2D eigenvalue weighted by Crippen LogP contribution is -2.25. The van der Waals surface area contributed by atoms with E-state index >= 15 is 0 Å². The molecular weight excluding hydrogens is 222 g/mol. The van der Waals surface area contributed by atoms with E-state index < -0.39 is 0 Å². The number of carbonyl (C=O) groups excluding carboxylic acids is 1. The highest BCUT2D eigenvalue weighted by Gasteiger charge is 2.23. The monoisotopic (exact) mass is 249 g/mol. The van der Waals surface area contributed by atoms with Gasteiger partial charge in [-0.25, -0.2) is 0 Å². The first-order valence-electron chi connectivity index (χ1n) is 7.05. The first kappa shape index (κ1) is 16.7. The minimum atomic E-state index is 0.0654. The van der Waals surface area contributed by atoms with Crippen LogP contribution in [0.25, 0.3) is 0 Å². The Morgan fingerprint density at radius 1 is 1.06 bits per heavy atom. The Morgan fingerprint density at radius 3 is 2.06 bits per heavy atom. The molecular formula is C16H27NO. The molecule has 1 saturated carbocycles. The van der Waals surface area contributed by atoms with Gasteiger partial charge in [0.25, 0.3) is 5.91 Å². The summed E-state index contributed by atoms with van der Waals surface area (Å²) in [6.45, 7) is 12.1. The van der Waals surface area contributed by atoms with Gasteiger partial charge in [0, 0.05) is 11.6 Å². The van der Waals surface area contributed by atoms with E-state index in [1.54, 1.807) is 0 Å². The molecule has 2 heteroatoms. The van der Waals surface area contributed by atoms with Crippen molar-refractivity contribution >= 4 is 5.91 Å². The number of nitrogens with one attached hydrogen (secondary N) is 1. The summed E-state index contributed by atoms with van der Waals surface area (Å²) >= 11 is 0. The fourth-order valence-corrected chi connectivity index (χ4v) is 1.38. The second-order valence-electron chi connectivity index (χ2n) is 4.05. The van der Waals surface area contributed by atoms with Crippen LogP contribution in [-0.2, 0) is 0 Å². The summed E-state index contributed by atoms with van der Waals surface area (Å²) in [7, 11) is 0. The van der Waals surface area contributed by atoms with Gasteiger partial charge in [-0.05, 0) is 49.9 Å². The number of amides is 1. The lowest BCUT2D eigenvalue weighted by Gasteiger charge is -2.05. The van der Waals surface area contributed by atoms with Gasteiger partial charge < -0.3 is 5.32 Å². The van der Waals surface area contributed by atoms with Crippen molar-refractivity contribution in [1.29, 1.82) is 0 Å². The highest BCUT2D eigenvalue weighted by molar-refractivity contribution is 5.94. The van der Waals surface area contributed by atoms with Crippen LogP contribution in [0.2, 0.25) is 0 Å². The molecule has 2 nitrogen and oxygen atoms in total. The summed E-state index contributed by atoms with van der Waals surface area (Å²) in [5.41, 5.74) is 3.18. The molecule has 1 fully saturated rings. The van der Waals surface area contributed by atoms with Crippen molar-refractivity contribution in [3.63, 3.8) is 0 Å². The maximum absolute atomic E-state index is 11.6. The summed E-state index contributed by atoms with van der Waals surface area (Å²) in [6, 6.07) is 6.27. The van der Waals surface area contributed by atoms with Crippen molar-refractivity contribution in [2.24, 2.45) is 0 Å². The average molecular weight is 249 g/mol. The standard InChI is InChI=1S/C12H15NO.2C2H6/c1-8-3-4-10(7-9(8)2)12(14)13-11-5-6-11;2*1-2/h3-4,7,11H,5-6H2,1-2H3,(H,13,14);2*1-2H3. The molecule has 1 aliphatic carbocycles. The van der Waals surface area contributed by atoms with Gasteiger partial charge in [0.2, 0.25) is 0 Å². The molecule has 0 bridgehead atoms. The van der Waals surface area contributed by atoms with Gasteiger partial charge in [-0.1, -0.05) is 33.8 Å². The molecule has 0 saturated heterocycles. The van der Waals surface area contributed by atoms with E-state index in [4.69, 9.17) is 0 Å².